The number of hydrogen-bond acceptors (Lipinski definition) is 4. The van der Waals surface area contributed by atoms with Crippen molar-refractivity contribution < 1.29 is 4.79 Å². The standard InChI is InChI=1S/C15H16ClN3OS/c1-10-6-7-21-14(10)8-18-19-15(20)9-17-13-5-3-4-12(16)11(13)2/h3-8,17H,9H2,1-2H3,(H,19,20). The van der Waals surface area contributed by atoms with Crippen LogP contribution in [0.2, 0.25) is 5.02 Å². The lowest BCUT2D eigenvalue weighted by Crippen LogP contribution is -2.26. The van der Waals surface area contributed by atoms with E-state index in [0.717, 1.165) is 21.7 Å². The van der Waals surface area contributed by atoms with Gasteiger partial charge in [0.25, 0.3) is 5.91 Å². The Hall–Kier alpha value is -1.85. The molecule has 4 nitrogen and oxygen atoms in total. The maximum atomic E-state index is 11.7. The molecule has 0 aliphatic rings. The van der Waals surface area contributed by atoms with Gasteiger partial charge in [0.05, 0.1) is 12.8 Å². The maximum Gasteiger partial charge on any atom is 0.259 e. The fourth-order valence-electron chi connectivity index (χ4n) is 1.69. The Labute approximate surface area is 132 Å². The first-order valence-corrected chi connectivity index (χ1v) is 7.68. The van der Waals surface area contributed by atoms with Crippen molar-refractivity contribution in [3.8, 4) is 0 Å². The number of benzene rings is 1. The third-order valence-corrected chi connectivity index (χ3v) is 4.34. The number of nitrogens with one attached hydrogen (secondary N) is 2. The average Bonchev–Trinajstić information content (AvgIpc) is 2.86. The van der Waals surface area contributed by atoms with Gasteiger partial charge in [0.1, 0.15) is 0 Å². The zero-order chi connectivity index (χ0) is 15.2. The minimum atomic E-state index is -0.208. The molecule has 2 rings (SSSR count). The highest BCUT2D eigenvalue weighted by Crippen LogP contribution is 2.22. The van der Waals surface area contributed by atoms with Crippen LogP contribution in [0.15, 0.2) is 34.7 Å². The van der Waals surface area contributed by atoms with E-state index in [-0.39, 0.29) is 12.5 Å². The molecule has 0 atom stereocenters. The van der Waals surface area contributed by atoms with Crippen LogP contribution in [-0.2, 0) is 4.79 Å². The molecule has 0 fully saturated rings. The van der Waals surface area contributed by atoms with Crippen LogP contribution in [0.25, 0.3) is 0 Å². The number of rotatable bonds is 5. The molecule has 1 aromatic carbocycles. The molecule has 6 heteroatoms. The summed E-state index contributed by atoms with van der Waals surface area (Å²) in [5.41, 5.74) is 5.40. The molecule has 21 heavy (non-hydrogen) atoms. The molecule has 0 saturated carbocycles. The molecule has 110 valence electrons. The van der Waals surface area contributed by atoms with Gasteiger partial charge >= 0.3 is 0 Å². The molecule has 0 bridgehead atoms. The van der Waals surface area contributed by atoms with Crippen LogP contribution >= 0.6 is 22.9 Å². The highest BCUT2D eigenvalue weighted by Gasteiger charge is 2.04. The fourth-order valence-corrected chi connectivity index (χ4v) is 2.65. The molecule has 0 unspecified atom stereocenters. The molecule has 0 radical (unpaired) electrons. The predicted octanol–water partition coefficient (Wildman–Crippen LogP) is 3.58. The minimum absolute atomic E-state index is 0.141. The molecular formula is C15H16ClN3OS. The van der Waals surface area contributed by atoms with E-state index in [9.17, 15) is 4.79 Å². The third-order valence-electron chi connectivity index (χ3n) is 2.98. The van der Waals surface area contributed by atoms with Gasteiger partial charge in [0, 0.05) is 15.6 Å². The quantitative estimate of drug-likeness (QED) is 0.653. The van der Waals surface area contributed by atoms with Gasteiger partial charge in [0.2, 0.25) is 0 Å². The predicted molar refractivity (Wildman–Crippen MR) is 89.5 cm³/mol. The van der Waals surface area contributed by atoms with Crippen LogP contribution in [0.4, 0.5) is 5.69 Å². The van der Waals surface area contributed by atoms with Crippen LogP contribution in [0.3, 0.4) is 0 Å². The summed E-state index contributed by atoms with van der Waals surface area (Å²) >= 11 is 7.61. The number of thiophene rings is 1. The van der Waals surface area contributed by atoms with E-state index in [2.05, 4.69) is 15.8 Å². The largest absolute Gasteiger partial charge is 0.376 e. The Morgan fingerprint density at radius 3 is 2.90 bits per heavy atom. The van der Waals surface area contributed by atoms with Gasteiger partial charge in [-0.05, 0) is 48.6 Å². The van der Waals surface area contributed by atoms with Crippen molar-refractivity contribution in [3.05, 3.63) is 50.7 Å². The summed E-state index contributed by atoms with van der Waals surface area (Å²) in [5, 5.41) is 9.65. The average molecular weight is 322 g/mol. The summed E-state index contributed by atoms with van der Waals surface area (Å²) in [4.78, 5) is 12.7. The lowest BCUT2D eigenvalue weighted by Gasteiger charge is -2.09. The van der Waals surface area contributed by atoms with Crippen molar-refractivity contribution in [3.63, 3.8) is 0 Å². The van der Waals surface area contributed by atoms with Crippen LogP contribution in [0.5, 0.6) is 0 Å². The van der Waals surface area contributed by atoms with Crippen molar-refractivity contribution in [1.29, 1.82) is 0 Å². The molecule has 2 aromatic rings. The fraction of sp³-hybridized carbons (Fsp3) is 0.200. The molecular weight excluding hydrogens is 306 g/mol. The van der Waals surface area contributed by atoms with Crippen molar-refractivity contribution in [2.24, 2.45) is 5.10 Å². The Morgan fingerprint density at radius 2 is 2.19 bits per heavy atom. The Morgan fingerprint density at radius 1 is 1.38 bits per heavy atom. The Kier molecular flexibility index (Phi) is 5.36. The highest BCUT2D eigenvalue weighted by molar-refractivity contribution is 7.11. The SMILES string of the molecule is Cc1ccsc1C=NNC(=O)CNc1cccc(Cl)c1C. The van der Waals surface area contributed by atoms with Crippen LogP contribution in [-0.4, -0.2) is 18.7 Å². The molecule has 0 spiro atoms. The van der Waals surface area contributed by atoms with E-state index in [0.29, 0.717) is 5.02 Å². The van der Waals surface area contributed by atoms with Gasteiger partial charge in [-0.2, -0.15) is 5.10 Å². The molecule has 0 aliphatic carbocycles. The molecule has 2 N–H and O–H groups in total. The second kappa shape index (κ2) is 7.24. The number of halogens is 1. The summed E-state index contributed by atoms with van der Waals surface area (Å²) in [6, 6.07) is 7.55. The van der Waals surface area contributed by atoms with E-state index in [1.807, 2.05) is 43.5 Å². The molecule has 0 aliphatic heterocycles. The lowest BCUT2D eigenvalue weighted by atomic mass is 10.2. The summed E-state index contributed by atoms with van der Waals surface area (Å²) in [5.74, 6) is -0.208. The number of hydrazone groups is 1. The first kappa shape index (κ1) is 15.5. The maximum absolute atomic E-state index is 11.7. The van der Waals surface area contributed by atoms with E-state index < -0.39 is 0 Å². The Balaban J connectivity index is 1.84. The summed E-state index contributed by atoms with van der Waals surface area (Å²) < 4.78 is 0. The van der Waals surface area contributed by atoms with Crippen molar-refractivity contribution >= 4 is 40.7 Å². The van der Waals surface area contributed by atoms with Crippen molar-refractivity contribution in [2.45, 2.75) is 13.8 Å². The summed E-state index contributed by atoms with van der Waals surface area (Å²) in [6.45, 7) is 4.05. The van der Waals surface area contributed by atoms with Gasteiger partial charge in [0.15, 0.2) is 0 Å². The molecule has 1 aromatic heterocycles. The first-order valence-electron chi connectivity index (χ1n) is 6.43. The number of hydrogen-bond donors (Lipinski definition) is 2. The lowest BCUT2D eigenvalue weighted by molar-refractivity contribution is -0.119. The number of carbonyl (C=O) groups is 1. The van der Waals surface area contributed by atoms with E-state index >= 15 is 0 Å². The third kappa shape index (κ3) is 4.31. The number of aryl methyl sites for hydroxylation is 1. The molecule has 1 heterocycles. The second-order valence-corrected chi connectivity index (χ2v) is 5.88. The minimum Gasteiger partial charge on any atom is -0.376 e. The highest BCUT2D eigenvalue weighted by atomic mass is 35.5. The topological polar surface area (TPSA) is 53.5 Å². The first-order chi connectivity index (χ1) is 10.1. The van der Waals surface area contributed by atoms with E-state index in [4.69, 9.17) is 11.6 Å². The zero-order valence-electron chi connectivity index (χ0n) is 11.8. The van der Waals surface area contributed by atoms with Crippen LogP contribution in [0.1, 0.15) is 16.0 Å². The Bertz CT molecular complexity index is 667. The number of carbonyl (C=O) groups excluding carboxylic acids is 1. The van der Waals surface area contributed by atoms with Gasteiger partial charge in [-0.15, -0.1) is 11.3 Å². The number of nitrogens with zero attached hydrogens (tertiary/aromatic N) is 1. The molecule has 0 saturated heterocycles. The van der Waals surface area contributed by atoms with E-state index in [1.165, 1.54) is 0 Å². The zero-order valence-corrected chi connectivity index (χ0v) is 13.4. The van der Waals surface area contributed by atoms with Crippen molar-refractivity contribution in [2.75, 3.05) is 11.9 Å². The van der Waals surface area contributed by atoms with E-state index in [1.54, 1.807) is 17.6 Å². The monoisotopic (exact) mass is 321 g/mol. The summed E-state index contributed by atoms with van der Waals surface area (Å²) in [7, 11) is 0. The second-order valence-electron chi connectivity index (χ2n) is 4.53. The van der Waals surface area contributed by atoms with Gasteiger partial charge in [-0.3, -0.25) is 4.79 Å². The number of amides is 1. The van der Waals surface area contributed by atoms with Crippen molar-refractivity contribution in [1.82, 2.24) is 5.43 Å². The smallest absolute Gasteiger partial charge is 0.259 e. The van der Waals surface area contributed by atoms with Gasteiger partial charge < -0.3 is 5.32 Å². The van der Waals surface area contributed by atoms with Crippen LogP contribution < -0.4 is 10.7 Å². The normalized spacial score (nSPS) is 10.8. The number of anilines is 1. The summed E-state index contributed by atoms with van der Waals surface area (Å²) in [6.07, 6.45) is 1.66. The van der Waals surface area contributed by atoms with Gasteiger partial charge in [-0.25, -0.2) is 5.43 Å². The van der Waals surface area contributed by atoms with Crippen LogP contribution in [0, 0.1) is 13.8 Å². The van der Waals surface area contributed by atoms with Gasteiger partial charge in [-0.1, -0.05) is 17.7 Å². The molecule has 1 amide bonds.